The summed E-state index contributed by atoms with van der Waals surface area (Å²) in [7, 11) is 0. The molecule has 0 bridgehead atoms. The third-order valence-corrected chi connectivity index (χ3v) is 5.46. The quantitative estimate of drug-likeness (QED) is 0.456. The number of benzene rings is 1. The van der Waals surface area contributed by atoms with E-state index in [2.05, 4.69) is 10.3 Å². The van der Waals surface area contributed by atoms with Crippen LogP contribution in [0.15, 0.2) is 53.5 Å². The molecule has 8 heteroatoms. The van der Waals surface area contributed by atoms with Gasteiger partial charge in [-0.05, 0) is 62.6 Å². The fourth-order valence-electron chi connectivity index (χ4n) is 3.78. The first-order valence-electron chi connectivity index (χ1n) is 11.3. The number of fused-ring (bicyclic) bond motifs is 1. The van der Waals surface area contributed by atoms with Crippen molar-refractivity contribution in [2.45, 2.75) is 34.6 Å². The Morgan fingerprint density at radius 3 is 2.65 bits per heavy atom. The summed E-state index contributed by atoms with van der Waals surface area (Å²) in [4.78, 5) is 30.2. The molecule has 0 saturated carbocycles. The van der Waals surface area contributed by atoms with Crippen LogP contribution < -0.4 is 15.6 Å². The summed E-state index contributed by atoms with van der Waals surface area (Å²) in [6.07, 6.45) is 1.64. The van der Waals surface area contributed by atoms with Crippen molar-refractivity contribution in [3.05, 3.63) is 76.0 Å². The van der Waals surface area contributed by atoms with Crippen LogP contribution in [0.3, 0.4) is 0 Å². The fourth-order valence-corrected chi connectivity index (χ4v) is 3.78. The van der Waals surface area contributed by atoms with Gasteiger partial charge in [-0.3, -0.25) is 14.0 Å². The molecule has 0 aliphatic carbocycles. The third-order valence-electron chi connectivity index (χ3n) is 5.46. The summed E-state index contributed by atoms with van der Waals surface area (Å²) in [5.74, 6) is 0.500. The van der Waals surface area contributed by atoms with Crippen molar-refractivity contribution in [3.63, 3.8) is 0 Å². The van der Waals surface area contributed by atoms with Gasteiger partial charge >= 0.3 is 0 Å². The molecule has 8 nitrogen and oxygen atoms in total. The maximum atomic E-state index is 13.5. The number of amides is 1. The Kier molecular flexibility index (Phi) is 6.49. The highest BCUT2D eigenvalue weighted by Gasteiger charge is 2.18. The zero-order valence-corrected chi connectivity index (χ0v) is 20.1. The topological polar surface area (TPSA) is 90.5 Å². The molecule has 0 aliphatic heterocycles. The normalized spacial score (nSPS) is 11.2. The van der Waals surface area contributed by atoms with Crippen LogP contribution in [-0.2, 0) is 4.79 Å². The zero-order chi connectivity index (χ0) is 24.4. The van der Waals surface area contributed by atoms with E-state index in [-0.39, 0.29) is 18.1 Å². The van der Waals surface area contributed by atoms with E-state index in [1.807, 2.05) is 62.7 Å². The maximum absolute atomic E-state index is 13.5. The summed E-state index contributed by atoms with van der Waals surface area (Å²) in [6, 6.07) is 13.3. The summed E-state index contributed by atoms with van der Waals surface area (Å²) < 4.78 is 8.97. The van der Waals surface area contributed by atoms with Gasteiger partial charge in [0.05, 0.1) is 16.9 Å². The van der Waals surface area contributed by atoms with Gasteiger partial charge in [0.1, 0.15) is 5.69 Å². The van der Waals surface area contributed by atoms with Gasteiger partial charge in [-0.2, -0.15) is 5.10 Å². The summed E-state index contributed by atoms with van der Waals surface area (Å²) in [5.41, 5.74) is 4.62. The Labute approximate surface area is 198 Å². The number of ether oxygens (including phenoxy) is 1. The Balaban J connectivity index is 1.69. The number of pyridine rings is 1. The number of aryl methyl sites for hydroxylation is 3. The number of nitrogens with zero attached hydrogens (tertiary/aromatic N) is 4. The van der Waals surface area contributed by atoms with Gasteiger partial charge in [0.25, 0.3) is 11.5 Å². The van der Waals surface area contributed by atoms with Crippen molar-refractivity contribution < 1.29 is 9.53 Å². The molecule has 1 amide bonds. The van der Waals surface area contributed by atoms with Crippen molar-refractivity contribution in [2.75, 3.05) is 13.2 Å². The van der Waals surface area contributed by atoms with E-state index < -0.39 is 0 Å². The molecule has 4 aromatic rings. The lowest BCUT2D eigenvalue weighted by Gasteiger charge is -2.12. The fraction of sp³-hybridized carbons (Fsp3) is 0.308. The van der Waals surface area contributed by atoms with Gasteiger partial charge < -0.3 is 10.1 Å². The van der Waals surface area contributed by atoms with Crippen LogP contribution in [0.25, 0.3) is 22.6 Å². The maximum Gasteiger partial charge on any atom is 0.267 e. The summed E-state index contributed by atoms with van der Waals surface area (Å²) >= 11 is 0. The van der Waals surface area contributed by atoms with E-state index in [0.717, 1.165) is 16.9 Å². The molecule has 0 saturated heterocycles. The third kappa shape index (κ3) is 4.71. The van der Waals surface area contributed by atoms with Gasteiger partial charge in [-0.15, -0.1) is 0 Å². The van der Waals surface area contributed by atoms with Gasteiger partial charge in [0.2, 0.25) is 0 Å². The van der Waals surface area contributed by atoms with E-state index in [1.54, 1.807) is 25.3 Å². The van der Waals surface area contributed by atoms with Crippen LogP contribution in [0.2, 0.25) is 0 Å². The van der Waals surface area contributed by atoms with Crippen molar-refractivity contribution in [3.8, 4) is 22.7 Å². The van der Waals surface area contributed by atoms with Crippen LogP contribution in [0.4, 0.5) is 0 Å². The SMILES string of the molecule is Cc1cccc(-n2nc(-c3c(C)nc4c(OCC(=O)NCC(C)C)cccn4c3=O)cc2C)c1. The molecule has 0 aliphatic rings. The standard InChI is InChI=1S/C26H29N5O3/c1-16(2)14-27-23(32)15-34-22-10-7-11-30-25(22)28-19(5)24(26(30)33)21-13-18(4)31(29-21)20-9-6-8-17(3)12-20/h6-13,16H,14-15H2,1-5H3,(H,27,32). The Morgan fingerprint density at radius 2 is 1.91 bits per heavy atom. The number of carbonyl (C=O) groups excluding carboxylic acids is 1. The van der Waals surface area contributed by atoms with Gasteiger partial charge in [-0.25, -0.2) is 9.67 Å². The average Bonchev–Trinajstić information content (AvgIpc) is 3.17. The molecule has 0 atom stereocenters. The predicted molar refractivity (Wildman–Crippen MR) is 132 cm³/mol. The first-order valence-corrected chi connectivity index (χ1v) is 11.3. The lowest BCUT2D eigenvalue weighted by atomic mass is 10.1. The number of hydrogen-bond donors (Lipinski definition) is 1. The minimum Gasteiger partial charge on any atom is -0.480 e. The van der Waals surface area contributed by atoms with Crippen LogP contribution in [0.5, 0.6) is 5.75 Å². The minimum atomic E-state index is -0.244. The average molecular weight is 460 g/mol. The highest BCUT2D eigenvalue weighted by atomic mass is 16.5. The zero-order valence-electron chi connectivity index (χ0n) is 20.1. The van der Waals surface area contributed by atoms with Crippen LogP contribution >= 0.6 is 0 Å². The van der Waals surface area contributed by atoms with Crippen molar-refractivity contribution >= 4 is 11.6 Å². The molecular formula is C26H29N5O3. The van der Waals surface area contributed by atoms with Gasteiger partial charge in [0.15, 0.2) is 18.0 Å². The van der Waals surface area contributed by atoms with E-state index in [1.165, 1.54) is 4.40 Å². The molecule has 0 unspecified atom stereocenters. The Morgan fingerprint density at radius 1 is 1.12 bits per heavy atom. The molecule has 34 heavy (non-hydrogen) atoms. The summed E-state index contributed by atoms with van der Waals surface area (Å²) in [5, 5.41) is 7.53. The minimum absolute atomic E-state index is 0.150. The van der Waals surface area contributed by atoms with Gasteiger partial charge in [-0.1, -0.05) is 26.0 Å². The highest BCUT2D eigenvalue weighted by Crippen LogP contribution is 2.24. The number of carbonyl (C=O) groups is 1. The number of hydrogen-bond acceptors (Lipinski definition) is 5. The first-order chi connectivity index (χ1) is 16.2. The second-order valence-corrected chi connectivity index (χ2v) is 8.85. The van der Waals surface area contributed by atoms with Crippen LogP contribution in [0.1, 0.15) is 30.8 Å². The van der Waals surface area contributed by atoms with Crippen molar-refractivity contribution in [1.82, 2.24) is 24.5 Å². The number of rotatable bonds is 7. The highest BCUT2D eigenvalue weighted by molar-refractivity contribution is 5.77. The molecule has 3 heterocycles. The van der Waals surface area contributed by atoms with Crippen molar-refractivity contribution in [1.29, 1.82) is 0 Å². The Hall–Kier alpha value is -3.94. The van der Waals surface area contributed by atoms with Gasteiger partial charge in [0, 0.05) is 18.4 Å². The predicted octanol–water partition coefficient (Wildman–Crippen LogP) is 3.62. The van der Waals surface area contributed by atoms with E-state index >= 15 is 0 Å². The van der Waals surface area contributed by atoms with Crippen LogP contribution in [-0.4, -0.2) is 38.2 Å². The molecule has 1 aromatic carbocycles. The molecule has 176 valence electrons. The van der Waals surface area contributed by atoms with Crippen LogP contribution in [0, 0.1) is 26.7 Å². The largest absolute Gasteiger partial charge is 0.480 e. The molecule has 4 rings (SSSR count). The summed E-state index contributed by atoms with van der Waals surface area (Å²) in [6.45, 7) is 10.2. The molecular weight excluding hydrogens is 430 g/mol. The smallest absolute Gasteiger partial charge is 0.267 e. The molecule has 0 radical (unpaired) electrons. The molecule has 0 spiro atoms. The molecule has 3 aromatic heterocycles. The number of nitrogens with one attached hydrogen (secondary N) is 1. The molecule has 1 N–H and O–H groups in total. The monoisotopic (exact) mass is 459 g/mol. The number of aromatic nitrogens is 4. The second kappa shape index (κ2) is 9.51. The van der Waals surface area contributed by atoms with E-state index in [9.17, 15) is 9.59 Å². The van der Waals surface area contributed by atoms with Crippen molar-refractivity contribution in [2.24, 2.45) is 5.92 Å². The molecule has 0 fully saturated rings. The van der Waals surface area contributed by atoms with E-state index in [4.69, 9.17) is 9.84 Å². The lowest BCUT2D eigenvalue weighted by Crippen LogP contribution is -2.32. The first kappa shape index (κ1) is 23.2. The van der Waals surface area contributed by atoms with E-state index in [0.29, 0.717) is 40.8 Å². The second-order valence-electron chi connectivity index (χ2n) is 8.85. The Bertz CT molecular complexity index is 1420. The lowest BCUT2D eigenvalue weighted by molar-refractivity contribution is -0.123.